The van der Waals surface area contributed by atoms with Gasteiger partial charge in [0, 0.05) is 26.2 Å². The lowest BCUT2D eigenvalue weighted by atomic mass is 10.2. The number of rotatable bonds is 6. The van der Waals surface area contributed by atoms with Gasteiger partial charge in [0.05, 0.1) is 19.1 Å². The van der Waals surface area contributed by atoms with Crippen LogP contribution in [0.2, 0.25) is 0 Å². The van der Waals surface area contributed by atoms with Crippen LogP contribution in [0.3, 0.4) is 0 Å². The van der Waals surface area contributed by atoms with Gasteiger partial charge in [-0.3, -0.25) is 9.59 Å². The molecular formula is C18H26BrN3O4S. The molecule has 1 saturated heterocycles. The molecule has 0 atom stereocenters. The van der Waals surface area contributed by atoms with Gasteiger partial charge in [-0.2, -0.15) is 0 Å². The number of nitrogens with zero attached hydrogens (tertiary/aromatic N) is 2. The largest absolute Gasteiger partial charge is 1.00 e. The number of amides is 3. The van der Waals surface area contributed by atoms with Crippen LogP contribution in [0.25, 0.3) is 0 Å². The second-order valence-electron chi connectivity index (χ2n) is 6.31. The van der Waals surface area contributed by atoms with E-state index in [1.165, 1.54) is 0 Å². The number of hydrogen-bond acceptors (Lipinski definition) is 4. The van der Waals surface area contributed by atoms with Crippen molar-refractivity contribution in [1.29, 1.82) is 0 Å². The van der Waals surface area contributed by atoms with Crippen molar-refractivity contribution >= 4 is 28.8 Å². The van der Waals surface area contributed by atoms with E-state index in [1.54, 1.807) is 9.80 Å². The molecule has 0 radical (unpaired) electrons. The van der Waals surface area contributed by atoms with E-state index in [-0.39, 0.29) is 58.9 Å². The average molecular weight is 460 g/mol. The first-order chi connectivity index (χ1) is 12.5. The maximum atomic E-state index is 12.2. The molecular weight excluding hydrogens is 434 g/mol. The van der Waals surface area contributed by atoms with Crippen molar-refractivity contribution in [2.24, 2.45) is 0 Å². The summed E-state index contributed by atoms with van der Waals surface area (Å²) in [4.78, 5) is 39.2. The van der Waals surface area contributed by atoms with Crippen LogP contribution < -0.4 is 22.3 Å². The highest BCUT2D eigenvalue weighted by atomic mass is 79.9. The smallest absolute Gasteiger partial charge is 0.410 e. The predicted octanol–water partition coefficient (Wildman–Crippen LogP) is -2.53. The van der Waals surface area contributed by atoms with Gasteiger partial charge in [0.25, 0.3) is 5.91 Å². The number of ether oxygens (including phenoxy) is 1. The summed E-state index contributed by atoms with van der Waals surface area (Å²) in [7, 11) is 0.0138. The third kappa shape index (κ3) is 8.21. The number of piperazine rings is 1. The zero-order valence-electron chi connectivity index (χ0n) is 15.7. The summed E-state index contributed by atoms with van der Waals surface area (Å²) in [6.45, 7) is 2.00. The van der Waals surface area contributed by atoms with Crippen LogP contribution in [0.1, 0.15) is 5.56 Å². The maximum Gasteiger partial charge on any atom is 0.410 e. The third-order valence-corrected chi connectivity index (χ3v) is 4.79. The first kappa shape index (κ1) is 23.3. The van der Waals surface area contributed by atoms with Gasteiger partial charge < -0.3 is 36.8 Å². The molecule has 1 aliphatic heterocycles. The Hall–Kier alpha value is -1.74. The molecule has 9 heteroatoms. The minimum absolute atomic E-state index is 0. The Bertz CT molecular complexity index is 622. The first-order valence-electron chi connectivity index (χ1n) is 8.50. The number of nitrogens with one attached hydrogen (secondary N) is 1. The summed E-state index contributed by atoms with van der Waals surface area (Å²) in [5.41, 5.74) is 0.937. The molecule has 0 bridgehead atoms. The Morgan fingerprint density at radius 3 is 2.22 bits per heavy atom. The van der Waals surface area contributed by atoms with Crippen LogP contribution in [0, 0.1) is 0 Å². The van der Waals surface area contributed by atoms with Gasteiger partial charge in [-0.15, -0.1) is 0 Å². The molecule has 0 aliphatic carbocycles. The monoisotopic (exact) mass is 459 g/mol. The predicted molar refractivity (Wildman–Crippen MR) is 102 cm³/mol. The highest BCUT2D eigenvalue weighted by molar-refractivity contribution is 7.96. The highest BCUT2D eigenvalue weighted by Crippen LogP contribution is 2.07. The minimum Gasteiger partial charge on any atom is -1.00 e. The van der Waals surface area contributed by atoms with Crippen LogP contribution >= 0.6 is 0 Å². The number of carbonyl (C=O) groups excluding carboxylic acids is 3. The van der Waals surface area contributed by atoms with E-state index in [4.69, 9.17) is 4.74 Å². The van der Waals surface area contributed by atoms with E-state index < -0.39 is 0 Å². The fourth-order valence-electron chi connectivity index (χ4n) is 2.55. The summed E-state index contributed by atoms with van der Waals surface area (Å²) in [6.07, 6.45) is 3.60. The van der Waals surface area contributed by atoms with E-state index >= 15 is 0 Å². The fourth-order valence-corrected chi connectivity index (χ4v) is 3.17. The summed E-state index contributed by atoms with van der Waals surface area (Å²) >= 11 is 0. The molecule has 3 amide bonds. The fraction of sp³-hybridized carbons (Fsp3) is 0.500. The third-order valence-electron chi connectivity index (χ3n) is 3.95. The van der Waals surface area contributed by atoms with Crippen molar-refractivity contribution < 1.29 is 36.1 Å². The number of halogens is 1. The van der Waals surface area contributed by atoms with E-state index in [2.05, 4.69) is 5.32 Å². The van der Waals surface area contributed by atoms with Crippen LogP contribution in [0.5, 0.6) is 0 Å². The lowest BCUT2D eigenvalue weighted by molar-refractivity contribution is -0.133. The van der Waals surface area contributed by atoms with Crippen molar-refractivity contribution in [3.8, 4) is 0 Å². The van der Waals surface area contributed by atoms with Gasteiger partial charge in [0.2, 0.25) is 5.91 Å². The normalized spacial score (nSPS) is 13.7. The molecule has 0 saturated carbocycles. The number of carbonyl (C=O) groups is 3. The summed E-state index contributed by atoms with van der Waals surface area (Å²) in [5, 5.41) is 2.66. The van der Waals surface area contributed by atoms with Crippen molar-refractivity contribution in [2.75, 3.05) is 51.0 Å². The SMILES string of the molecule is C[S+](C)CC(=O)NCC(=O)N1CCN(C(=O)OCc2ccccc2)CC1.[Br-]. The Morgan fingerprint density at radius 1 is 1.04 bits per heavy atom. The van der Waals surface area contributed by atoms with Crippen molar-refractivity contribution in [3.63, 3.8) is 0 Å². The molecule has 0 aromatic heterocycles. The Balaban J connectivity index is 0.00000364. The van der Waals surface area contributed by atoms with Gasteiger partial charge in [0.15, 0.2) is 5.75 Å². The minimum atomic E-state index is -0.368. The van der Waals surface area contributed by atoms with E-state index in [0.717, 1.165) is 5.56 Å². The van der Waals surface area contributed by atoms with Crippen molar-refractivity contribution in [2.45, 2.75) is 6.61 Å². The zero-order chi connectivity index (χ0) is 18.9. The molecule has 150 valence electrons. The van der Waals surface area contributed by atoms with E-state index in [1.807, 2.05) is 42.8 Å². The van der Waals surface area contributed by atoms with E-state index in [0.29, 0.717) is 31.9 Å². The molecule has 1 heterocycles. The molecule has 2 rings (SSSR count). The maximum absolute atomic E-state index is 12.2. The van der Waals surface area contributed by atoms with Crippen LogP contribution in [-0.4, -0.2) is 78.7 Å². The highest BCUT2D eigenvalue weighted by Gasteiger charge is 2.25. The van der Waals surface area contributed by atoms with Crippen LogP contribution in [0.15, 0.2) is 30.3 Å². The molecule has 7 nitrogen and oxygen atoms in total. The van der Waals surface area contributed by atoms with Gasteiger partial charge >= 0.3 is 6.09 Å². The van der Waals surface area contributed by atoms with Gasteiger partial charge in [-0.05, 0) is 16.5 Å². The number of hydrogen-bond donors (Lipinski definition) is 1. The quantitative estimate of drug-likeness (QED) is 0.475. The zero-order valence-corrected chi connectivity index (χ0v) is 18.1. The summed E-state index contributed by atoms with van der Waals surface area (Å²) in [6, 6.07) is 9.50. The van der Waals surface area contributed by atoms with Crippen molar-refractivity contribution in [1.82, 2.24) is 15.1 Å². The second-order valence-corrected chi connectivity index (χ2v) is 8.57. The molecule has 0 unspecified atom stereocenters. The Kier molecular flexibility index (Phi) is 10.2. The lowest BCUT2D eigenvalue weighted by Crippen LogP contribution is -3.00. The average Bonchev–Trinajstić information content (AvgIpc) is 2.64. The van der Waals surface area contributed by atoms with Gasteiger partial charge in [0.1, 0.15) is 6.61 Å². The number of benzene rings is 1. The Morgan fingerprint density at radius 2 is 1.63 bits per heavy atom. The van der Waals surface area contributed by atoms with Crippen LogP contribution in [0.4, 0.5) is 4.79 Å². The second kappa shape index (κ2) is 11.9. The first-order valence-corrected chi connectivity index (χ1v) is 10.7. The van der Waals surface area contributed by atoms with Crippen LogP contribution in [-0.2, 0) is 31.8 Å². The summed E-state index contributed by atoms with van der Waals surface area (Å²) in [5.74, 6) is 0.214. The molecule has 27 heavy (non-hydrogen) atoms. The molecule has 1 aliphatic rings. The lowest BCUT2D eigenvalue weighted by Gasteiger charge is -2.34. The molecule has 1 N–H and O–H groups in total. The topological polar surface area (TPSA) is 79.0 Å². The Labute approximate surface area is 173 Å². The van der Waals surface area contributed by atoms with Gasteiger partial charge in [-0.1, -0.05) is 30.3 Å². The van der Waals surface area contributed by atoms with E-state index in [9.17, 15) is 14.4 Å². The molecule has 0 spiro atoms. The standard InChI is InChI=1S/C18H25N3O4S.BrH/c1-26(2)14-16(22)19-12-17(23)20-8-10-21(11-9-20)18(24)25-13-15-6-4-3-5-7-15;/h3-7H,8-14H2,1-2H3;1H. The van der Waals surface area contributed by atoms with Crippen molar-refractivity contribution in [3.05, 3.63) is 35.9 Å². The molecule has 1 fully saturated rings. The molecule has 1 aromatic carbocycles. The molecule has 1 aromatic rings. The van der Waals surface area contributed by atoms with Gasteiger partial charge in [-0.25, -0.2) is 4.79 Å². The summed E-state index contributed by atoms with van der Waals surface area (Å²) < 4.78 is 5.31.